The number of nitrogens with zero attached hydrogens (tertiary/aromatic N) is 1. The number of aromatic nitrogens is 1. The molecule has 0 saturated carbocycles. The van der Waals surface area contributed by atoms with Crippen LogP contribution < -0.4 is 5.32 Å². The molecule has 0 spiro atoms. The van der Waals surface area contributed by atoms with E-state index in [1.54, 1.807) is 13.8 Å². The van der Waals surface area contributed by atoms with Crippen molar-refractivity contribution in [3.8, 4) is 0 Å². The quantitative estimate of drug-likeness (QED) is 0.700. The van der Waals surface area contributed by atoms with E-state index >= 15 is 0 Å². The minimum atomic E-state index is -1.12. The summed E-state index contributed by atoms with van der Waals surface area (Å²) in [7, 11) is 0. The molecule has 0 saturated heterocycles. The molecule has 0 aliphatic heterocycles. The Kier molecular flexibility index (Phi) is 4.11. The maximum atomic E-state index is 11.8. The lowest BCUT2D eigenvalue weighted by Crippen LogP contribution is -2.51. The van der Waals surface area contributed by atoms with E-state index in [1.165, 1.54) is 24.5 Å². The molecule has 6 heteroatoms. The number of aliphatic carboxylic acids is 1. The molecule has 0 bridgehead atoms. The fourth-order valence-corrected chi connectivity index (χ4v) is 1.43. The molecule has 0 radical (unpaired) electrons. The monoisotopic (exact) mass is 254 g/mol. The highest BCUT2D eigenvalue weighted by atomic mass is 32.1. The SMILES string of the molecule is CC(C)(S)[C@@H](NC(=O)c1ccncc1)C(=O)O. The molecule has 2 N–H and O–H groups in total. The van der Waals surface area contributed by atoms with Crippen LogP contribution in [0, 0.1) is 0 Å². The van der Waals surface area contributed by atoms with Crippen LogP contribution in [0.25, 0.3) is 0 Å². The van der Waals surface area contributed by atoms with Gasteiger partial charge in [-0.25, -0.2) is 4.79 Å². The van der Waals surface area contributed by atoms with Gasteiger partial charge in [-0.05, 0) is 26.0 Å². The summed E-state index contributed by atoms with van der Waals surface area (Å²) in [4.78, 5) is 26.6. The van der Waals surface area contributed by atoms with E-state index in [2.05, 4.69) is 22.9 Å². The zero-order valence-electron chi connectivity index (χ0n) is 9.54. The second-order valence-corrected chi connectivity index (χ2v) is 5.29. The molecule has 0 unspecified atom stereocenters. The average molecular weight is 254 g/mol. The second-order valence-electron chi connectivity index (χ2n) is 4.13. The number of nitrogens with one attached hydrogen (secondary N) is 1. The second kappa shape index (κ2) is 5.18. The van der Waals surface area contributed by atoms with Crippen molar-refractivity contribution < 1.29 is 14.7 Å². The molecule has 1 aromatic heterocycles. The van der Waals surface area contributed by atoms with Crippen molar-refractivity contribution in [2.45, 2.75) is 24.6 Å². The highest BCUT2D eigenvalue weighted by molar-refractivity contribution is 7.81. The molecule has 0 aliphatic rings. The lowest BCUT2D eigenvalue weighted by Gasteiger charge is -2.26. The normalized spacial score (nSPS) is 12.9. The fraction of sp³-hybridized carbons (Fsp3) is 0.364. The van der Waals surface area contributed by atoms with E-state index in [9.17, 15) is 9.59 Å². The number of hydrogen-bond acceptors (Lipinski definition) is 4. The molecular weight excluding hydrogens is 240 g/mol. The number of thiol groups is 1. The van der Waals surface area contributed by atoms with Gasteiger partial charge in [-0.15, -0.1) is 0 Å². The van der Waals surface area contributed by atoms with Gasteiger partial charge in [0.1, 0.15) is 6.04 Å². The molecular formula is C11H14N2O3S. The van der Waals surface area contributed by atoms with Gasteiger partial charge in [0.15, 0.2) is 0 Å². The third-order valence-electron chi connectivity index (χ3n) is 2.17. The van der Waals surface area contributed by atoms with Gasteiger partial charge in [0.2, 0.25) is 0 Å². The zero-order chi connectivity index (χ0) is 13.1. The lowest BCUT2D eigenvalue weighted by molar-refractivity contribution is -0.139. The first kappa shape index (κ1) is 13.5. The van der Waals surface area contributed by atoms with Crippen molar-refractivity contribution >= 4 is 24.5 Å². The van der Waals surface area contributed by atoms with E-state index in [-0.39, 0.29) is 0 Å². The van der Waals surface area contributed by atoms with Crippen LogP contribution in [0.3, 0.4) is 0 Å². The Labute approximate surface area is 105 Å². The van der Waals surface area contributed by atoms with E-state index < -0.39 is 22.7 Å². The van der Waals surface area contributed by atoms with Crippen molar-refractivity contribution in [1.29, 1.82) is 0 Å². The maximum Gasteiger partial charge on any atom is 0.327 e. The summed E-state index contributed by atoms with van der Waals surface area (Å²) < 4.78 is -0.853. The van der Waals surface area contributed by atoms with Gasteiger partial charge in [-0.3, -0.25) is 9.78 Å². The molecule has 1 heterocycles. The van der Waals surface area contributed by atoms with Gasteiger partial charge in [0, 0.05) is 22.7 Å². The molecule has 5 nitrogen and oxygen atoms in total. The van der Waals surface area contributed by atoms with E-state index in [0.717, 1.165) is 0 Å². The van der Waals surface area contributed by atoms with Gasteiger partial charge in [0.05, 0.1) is 0 Å². The van der Waals surface area contributed by atoms with Crippen molar-refractivity contribution in [2.75, 3.05) is 0 Å². The van der Waals surface area contributed by atoms with E-state index in [0.29, 0.717) is 5.56 Å². The van der Waals surface area contributed by atoms with Crippen LogP contribution in [0.4, 0.5) is 0 Å². The lowest BCUT2D eigenvalue weighted by atomic mass is 10.0. The van der Waals surface area contributed by atoms with Gasteiger partial charge >= 0.3 is 5.97 Å². The topological polar surface area (TPSA) is 79.3 Å². The summed E-state index contributed by atoms with van der Waals surface area (Å²) in [5.74, 6) is -1.57. The predicted octanol–water partition coefficient (Wildman–Crippen LogP) is 0.973. The summed E-state index contributed by atoms with van der Waals surface area (Å²) in [6, 6.07) is 1.96. The third kappa shape index (κ3) is 3.74. The number of carbonyl (C=O) groups excluding carboxylic acids is 1. The van der Waals surface area contributed by atoms with Crippen LogP contribution in [-0.2, 0) is 4.79 Å². The predicted molar refractivity (Wildman–Crippen MR) is 66.2 cm³/mol. The molecule has 0 aliphatic carbocycles. The minimum Gasteiger partial charge on any atom is -0.480 e. The highest BCUT2D eigenvalue weighted by Crippen LogP contribution is 2.18. The zero-order valence-corrected chi connectivity index (χ0v) is 10.4. The summed E-state index contributed by atoms with van der Waals surface area (Å²) in [6.45, 7) is 3.25. The summed E-state index contributed by atoms with van der Waals surface area (Å²) >= 11 is 4.17. The molecule has 1 amide bonds. The number of hydrogen-bond donors (Lipinski definition) is 3. The first-order valence-electron chi connectivity index (χ1n) is 4.98. The average Bonchev–Trinajstić information content (AvgIpc) is 2.24. The Morgan fingerprint density at radius 2 is 1.94 bits per heavy atom. The molecule has 1 aromatic rings. The van der Waals surface area contributed by atoms with Gasteiger partial charge in [-0.2, -0.15) is 12.6 Å². The van der Waals surface area contributed by atoms with Crippen molar-refractivity contribution in [3.63, 3.8) is 0 Å². The highest BCUT2D eigenvalue weighted by Gasteiger charge is 2.33. The Hall–Kier alpha value is -1.56. The largest absolute Gasteiger partial charge is 0.480 e. The number of carboxylic acids is 1. The van der Waals surface area contributed by atoms with Crippen molar-refractivity contribution in [2.24, 2.45) is 0 Å². The first-order valence-corrected chi connectivity index (χ1v) is 5.43. The van der Waals surface area contributed by atoms with Gasteiger partial charge in [-0.1, -0.05) is 0 Å². The van der Waals surface area contributed by atoms with E-state index in [1.807, 2.05) is 0 Å². The summed E-state index contributed by atoms with van der Waals surface area (Å²) in [5, 5.41) is 11.5. The number of amides is 1. The van der Waals surface area contributed by atoms with Crippen LogP contribution in [0.1, 0.15) is 24.2 Å². The van der Waals surface area contributed by atoms with Gasteiger partial charge < -0.3 is 10.4 Å². The van der Waals surface area contributed by atoms with Crippen LogP contribution >= 0.6 is 12.6 Å². The molecule has 0 aromatic carbocycles. The Morgan fingerprint density at radius 3 is 2.35 bits per heavy atom. The molecule has 92 valence electrons. The maximum absolute atomic E-state index is 11.8. The number of carboxylic acid groups (broad SMARTS) is 1. The number of rotatable bonds is 4. The molecule has 1 atom stereocenters. The standard InChI is InChI=1S/C11H14N2O3S/c1-11(2,17)8(10(15)16)13-9(14)7-3-5-12-6-4-7/h3-6,8,17H,1-2H3,(H,13,14)(H,15,16)/t8-/m0/s1. The Morgan fingerprint density at radius 1 is 1.41 bits per heavy atom. The third-order valence-corrected chi connectivity index (χ3v) is 2.43. The minimum absolute atomic E-state index is 0.365. The first-order chi connectivity index (χ1) is 7.82. The number of pyridine rings is 1. The number of carbonyl (C=O) groups is 2. The van der Waals surface area contributed by atoms with Crippen LogP contribution in [0.5, 0.6) is 0 Å². The molecule has 17 heavy (non-hydrogen) atoms. The van der Waals surface area contributed by atoms with Crippen LogP contribution in [-0.4, -0.2) is 32.8 Å². The Balaban J connectivity index is 2.83. The Bertz CT molecular complexity index is 414. The summed E-state index contributed by atoms with van der Waals surface area (Å²) in [5.41, 5.74) is 0.365. The van der Waals surface area contributed by atoms with Crippen LogP contribution in [0.15, 0.2) is 24.5 Å². The van der Waals surface area contributed by atoms with Crippen molar-refractivity contribution in [3.05, 3.63) is 30.1 Å². The van der Waals surface area contributed by atoms with E-state index in [4.69, 9.17) is 5.11 Å². The molecule has 1 rings (SSSR count). The van der Waals surface area contributed by atoms with Crippen LogP contribution in [0.2, 0.25) is 0 Å². The summed E-state index contributed by atoms with van der Waals surface area (Å²) in [6.07, 6.45) is 2.94. The molecule has 0 fully saturated rings. The smallest absolute Gasteiger partial charge is 0.327 e. The van der Waals surface area contributed by atoms with Crippen molar-refractivity contribution in [1.82, 2.24) is 10.3 Å². The fourth-order valence-electron chi connectivity index (χ4n) is 1.26. The van der Waals surface area contributed by atoms with Gasteiger partial charge in [0.25, 0.3) is 5.91 Å².